The summed E-state index contributed by atoms with van der Waals surface area (Å²) in [7, 11) is 0. The number of nitrogens with zero attached hydrogens (tertiary/aromatic N) is 1. The highest BCUT2D eigenvalue weighted by atomic mass is 16.6. The molecule has 0 saturated carbocycles. The molecule has 2 N–H and O–H groups in total. The normalized spacial score (nSPS) is 10.6. The summed E-state index contributed by atoms with van der Waals surface area (Å²) in [5.41, 5.74) is 1.45. The van der Waals surface area contributed by atoms with Gasteiger partial charge in [-0.3, -0.25) is 14.9 Å². The van der Waals surface area contributed by atoms with Crippen molar-refractivity contribution in [2.24, 2.45) is 0 Å². The van der Waals surface area contributed by atoms with Gasteiger partial charge in [-0.05, 0) is 12.5 Å². The van der Waals surface area contributed by atoms with Gasteiger partial charge in [0, 0.05) is 37.2 Å². The molecule has 0 fully saturated rings. The first kappa shape index (κ1) is 16.1. The van der Waals surface area contributed by atoms with Crippen molar-refractivity contribution in [3.63, 3.8) is 0 Å². The Labute approximate surface area is 118 Å². The number of carbonyl (C=O) groups excluding carboxylic acids is 1. The van der Waals surface area contributed by atoms with Crippen LogP contribution in [0.3, 0.4) is 0 Å². The molecule has 6 heteroatoms. The molecule has 0 unspecified atom stereocenters. The van der Waals surface area contributed by atoms with Crippen LogP contribution in [0.15, 0.2) is 18.2 Å². The minimum Gasteiger partial charge on any atom is -0.352 e. The fourth-order valence-corrected chi connectivity index (χ4v) is 1.82. The molecule has 6 nitrogen and oxygen atoms in total. The maximum absolute atomic E-state index is 11.6. The fraction of sp³-hybridized carbons (Fsp3) is 0.500. The van der Waals surface area contributed by atoms with Gasteiger partial charge in [0.25, 0.3) is 5.69 Å². The van der Waals surface area contributed by atoms with Crippen molar-refractivity contribution in [2.45, 2.75) is 39.8 Å². The molecule has 0 radical (unpaired) electrons. The van der Waals surface area contributed by atoms with Crippen LogP contribution in [0.1, 0.15) is 31.4 Å². The summed E-state index contributed by atoms with van der Waals surface area (Å²) in [5, 5.41) is 16.8. The lowest BCUT2D eigenvalue weighted by atomic mass is 10.1. The van der Waals surface area contributed by atoms with Crippen LogP contribution in [0.2, 0.25) is 0 Å². The van der Waals surface area contributed by atoms with Gasteiger partial charge in [-0.1, -0.05) is 26.0 Å². The van der Waals surface area contributed by atoms with E-state index in [0.29, 0.717) is 31.1 Å². The number of nitro groups is 1. The maximum atomic E-state index is 11.6. The van der Waals surface area contributed by atoms with Crippen molar-refractivity contribution < 1.29 is 9.72 Å². The number of benzene rings is 1. The first-order valence-electron chi connectivity index (χ1n) is 6.64. The van der Waals surface area contributed by atoms with Crippen molar-refractivity contribution in [1.29, 1.82) is 0 Å². The number of nitrogens with one attached hydrogen (secondary N) is 2. The zero-order chi connectivity index (χ0) is 15.1. The summed E-state index contributed by atoms with van der Waals surface area (Å²) >= 11 is 0. The van der Waals surface area contributed by atoms with Gasteiger partial charge in [0.2, 0.25) is 5.91 Å². The highest BCUT2D eigenvalue weighted by Gasteiger charge is 2.13. The van der Waals surface area contributed by atoms with Gasteiger partial charge in [0.15, 0.2) is 0 Å². The van der Waals surface area contributed by atoms with Gasteiger partial charge >= 0.3 is 0 Å². The van der Waals surface area contributed by atoms with Crippen LogP contribution in [-0.4, -0.2) is 23.4 Å². The lowest BCUT2D eigenvalue weighted by Crippen LogP contribution is -2.30. The third-order valence-corrected chi connectivity index (χ3v) is 2.99. The van der Waals surface area contributed by atoms with Crippen LogP contribution in [0, 0.1) is 17.0 Å². The summed E-state index contributed by atoms with van der Waals surface area (Å²) in [6.07, 6.45) is 0.395. The van der Waals surface area contributed by atoms with Crippen LogP contribution in [0.5, 0.6) is 0 Å². The number of nitro benzene ring substituents is 1. The first-order chi connectivity index (χ1) is 9.41. The molecule has 0 aliphatic rings. The van der Waals surface area contributed by atoms with E-state index in [-0.39, 0.29) is 11.6 Å². The molecule has 1 rings (SSSR count). The van der Waals surface area contributed by atoms with E-state index >= 15 is 0 Å². The van der Waals surface area contributed by atoms with Gasteiger partial charge in [-0.25, -0.2) is 0 Å². The molecular formula is C14H21N3O3. The Morgan fingerprint density at radius 3 is 2.70 bits per heavy atom. The van der Waals surface area contributed by atoms with E-state index in [1.54, 1.807) is 19.1 Å². The Morgan fingerprint density at radius 2 is 2.10 bits per heavy atom. The van der Waals surface area contributed by atoms with Crippen LogP contribution < -0.4 is 10.6 Å². The predicted octanol–water partition coefficient (Wildman–Crippen LogP) is 1.91. The van der Waals surface area contributed by atoms with E-state index < -0.39 is 4.92 Å². The summed E-state index contributed by atoms with van der Waals surface area (Å²) < 4.78 is 0. The number of rotatable bonds is 7. The highest BCUT2D eigenvalue weighted by Crippen LogP contribution is 2.20. The topological polar surface area (TPSA) is 84.3 Å². The molecule has 1 amide bonds. The number of amides is 1. The molecule has 0 aliphatic carbocycles. The summed E-state index contributed by atoms with van der Waals surface area (Å²) in [6, 6.07) is 5.23. The first-order valence-corrected chi connectivity index (χ1v) is 6.64. The summed E-state index contributed by atoms with van der Waals surface area (Å²) in [6.45, 7) is 6.67. The van der Waals surface area contributed by atoms with Crippen molar-refractivity contribution in [1.82, 2.24) is 10.6 Å². The van der Waals surface area contributed by atoms with E-state index in [9.17, 15) is 14.9 Å². The second-order valence-electron chi connectivity index (χ2n) is 4.95. The monoisotopic (exact) mass is 279 g/mol. The smallest absolute Gasteiger partial charge is 0.272 e. The Kier molecular flexibility index (Phi) is 6.11. The van der Waals surface area contributed by atoms with Crippen molar-refractivity contribution >= 4 is 11.6 Å². The van der Waals surface area contributed by atoms with E-state index in [1.807, 2.05) is 13.8 Å². The van der Waals surface area contributed by atoms with E-state index in [1.165, 1.54) is 6.07 Å². The fourth-order valence-electron chi connectivity index (χ4n) is 1.82. The molecule has 0 bridgehead atoms. The van der Waals surface area contributed by atoms with Gasteiger partial charge in [0.1, 0.15) is 0 Å². The van der Waals surface area contributed by atoms with Gasteiger partial charge in [0.05, 0.1) is 4.92 Å². The average molecular weight is 279 g/mol. The van der Waals surface area contributed by atoms with E-state index in [0.717, 1.165) is 5.56 Å². The van der Waals surface area contributed by atoms with Gasteiger partial charge in [-0.15, -0.1) is 0 Å². The van der Waals surface area contributed by atoms with E-state index in [4.69, 9.17) is 0 Å². The molecule has 110 valence electrons. The zero-order valence-corrected chi connectivity index (χ0v) is 12.1. The van der Waals surface area contributed by atoms with Crippen LogP contribution in [0.4, 0.5) is 5.69 Å². The Bertz CT molecular complexity index is 487. The standard InChI is InChI=1S/C14H21N3O3/c1-10(2)15-8-7-14(18)16-9-12-5-4-6-13(11(12)3)17(19)20/h4-6,10,15H,7-9H2,1-3H3,(H,16,18). The van der Waals surface area contributed by atoms with Crippen LogP contribution in [0.25, 0.3) is 0 Å². The molecule has 0 atom stereocenters. The molecule has 0 spiro atoms. The van der Waals surface area contributed by atoms with Crippen molar-refractivity contribution in [2.75, 3.05) is 6.54 Å². The summed E-state index contributed by atoms with van der Waals surface area (Å²) in [4.78, 5) is 22.1. The van der Waals surface area contributed by atoms with Gasteiger partial charge in [-0.2, -0.15) is 0 Å². The maximum Gasteiger partial charge on any atom is 0.272 e. The second-order valence-corrected chi connectivity index (χ2v) is 4.95. The summed E-state index contributed by atoms with van der Waals surface area (Å²) in [5.74, 6) is -0.0657. The Balaban J connectivity index is 2.51. The Morgan fingerprint density at radius 1 is 1.40 bits per heavy atom. The molecule has 0 aliphatic heterocycles. The van der Waals surface area contributed by atoms with Crippen LogP contribution >= 0.6 is 0 Å². The molecular weight excluding hydrogens is 258 g/mol. The predicted molar refractivity (Wildman–Crippen MR) is 77.4 cm³/mol. The largest absolute Gasteiger partial charge is 0.352 e. The third-order valence-electron chi connectivity index (χ3n) is 2.99. The minimum atomic E-state index is -0.410. The molecule has 20 heavy (non-hydrogen) atoms. The van der Waals surface area contributed by atoms with Crippen molar-refractivity contribution in [3.8, 4) is 0 Å². The molecule has 0 heterocycles. The molecule has 0 aromatic heterocycles. The quantitative estimate of drug-likeness (QED) is 0.590. The number of hydrogen-bond acceptors (Lipinski definition) is 4. The van der Waals surface area contributed by atoms with E-state index in [2.05, 4.69) is 10.6 Å². The lowest BCUT2D eigenvalue weighted by Gasteiger charge is -2.10. The lowest BCUT2D eigenvalue weighted by molar-refractivity contribution is -0.385. The zero-order valence-electron chi connectivity index (χ0n) is 12.1. The third kappa shape index (κ3) is 4.97. The highest BCUT2D eigenvalue weighted by molar-refractivity contribution is 5.76. The second kappa shape index (κ2) is 7.59. The average Bonchev–Trinajstić information content (AvgIpc) is 2.36. The minimum absolute atomic E-state index is 0.0657. The van der Waals surface area contributed by atoms with Crippen LogP contribution in [-0.2, 0) is 11.3 Å². The number of carbonyl (C=O) groups is 1. The Hall–Kier alpha value is -1.95. The van der Waals surface area contributed by atoms with Gasteiger partial charge < -0.3 is 10.6 Å². The molecule has 1 aromatic rings. The number of hydrogen-bond donors (Lipinski definition) is 2. The molecule has 0 saturated heterocycles. The van der Waals surface area contributed by atoms with Crippen molar-refractivity contribution in [3.05, 3.63) is 39.4 Å². The molecule has 1 aromatic carbocycles. The SMILES string of the molecule is Cc1c(CNC(=O)CCNC(C)C)cccc1[N+](=O)[O-].